The van der Waals surface area contributed by atoms with Gasteiger partial charge in [0.15, 0.2) is 5.75 Å². The maximum atomic E-state index is 11.8. The van der Waals surface area contributed by atoms with Crippen molar-refractivity contribution in [3.8, 4) is 22.8 Å². The lowest BCUT2D eigenvalue weighted by atomic mass is 10.1. The van der Waals surface area contributed by atoms with Crippen molar-refractivity contribution in [3.63, 3.8) is 0 Å². The van der Waals surface area contributed by atoms with Gasteiger partial charge < -0.3 is 10.2 Å². The summed E-state index contributed by atoms with van der Waals surface area (Å²) in [5, 5.41) is 33.9. The van der Waals surface area contributed by atoms with Gasteiger partial charge in [-0.3, -0.25) is 19.9 Å². The van der Waals surface area contributed by atoms with Gasteiger partial charge in [0.2, 0.25) is 5.95 Å². The second kappa shape index (κ2) is 7.35. The van der Waals surface area contributed by atoms with Gasteiger partial charge in [0, 0.05) is 29.3 Å². The Kier molecular flexibility index (Phi) is 4.79. The van der Waals surface area contributed by atoms with Crippen LogP contribution in [0, 0.1) is 10.1 Å². The van der Waals surface area contributed by atoms with Gasteiger partial charge in [0.25, 0.3) is 5.56 Å². The van der Waals surface area contributed by atoms with Gasteiger partial charge in [0.1, 0.15) is 5.75 Å². The fourth-order valence-corrected chi connectivity index (χ4v) is 2.26. The van der Waals surface area contributed by atoms with E-state index in [2.05, 4.69) is 20.5 Å². The Balaban J connectivity index is 1.85. The number of hydrazone groups is 1. The van der Waals surface area contributed by atoms with Crippen molar-refractivity contribution in [2.75, 3.05) is 5.43 Å². The van der Waals surface area contributed by atoms with Crippen LogP contribution < -0.4 is 11.0 Å². The van der Waals surface area contributed by atoms with Crippen LogP contribution in [0.1, 0.15) is 5.56 Å². The molecule has 0 aliphatic rings. The zero-order valence-corrected chi connectivity index (χ0v) is 13.7. The third-order valence-corrected chi connectivity index (χ3v) is 3.51. The minimum absolute atomic E-state index is 0.00596. The monoisotopic (exact) mass is 367 g/mol. The van der Waals surface area contributed by atoms with Gasteiger partial charge in [0.05, 0.1) is 16.8 Å². The number of nitrogens with one attached hydrogen (secondary N) is 2. The third-order valence-electron chi connectivity index (χ3n) is 3.51. The van der Waals surface area contributed by atoms with Gasteiger partial charge in [-0.05, 0) is 0 Å². The lowest BCUT2D eigenvalue weighted by molar-refractivity contribution is -0.385. The predicted molar refractivity (Wildman–Crippen MR) is 97.9 cm³/mol. The number of phenols is 2. The second-order valence-corrected chi connectivity index (χ2v) is 5.37. The highest BCUT2D eigenvalue weighted by atomic mass is 16.6. The molecule has 0 saturated heterocycles. The molecule has 2 aromatic carbocycles. The standard InChI is InChI=1S/C17H13N5O5/c23-14-8-15(24)13(22(26)27)6-11(14)9-18-21-17-19-12(7-16(25)20-17)10-4-2-1-3-5-10/h1-9,23-24H,(H2,19,20,21,25)/b18-9-. The van der Waals surface area contributed by atoms with Crippen molar-refractivity contribution in [1.82, 2.24) is 9.97 Å². The minimum atomic E-state index is -0.790. The van der Waals surface area contributed by atoms with Gasteiger partial charge in [-0.2, -0.15) is 5.10 Å². The molecule has 10 heteroatoms. The summed E-state index contributed by atoms with van der Waals surface area (Å²) >= 11 is 0. The Labute approximate surface area is 151 Å². The molecule has 136 valence electrons. The van der Waals surface area contributed by atoms with E-state index < -0.39 is 27.7 Å². The Bertz CT molecular complexity index is 1080. The van der Waals surface area contributed by atoms with E-state index in [-0.39, 0.29) is 11.5 Å². The first kappa shape index (κ1) is 17.6. The maximum Gasteiger partial charge on any atom is 0.311 e. The van der Waals surface area contributed by atoms with Crippen LogP contribution in [0.15, 0.2) is 58.4 Å². The number of H-pyrrole nitrogens is 1. The number of anilines is 1. The number of hydrogen-bond donors (Lipinski definition) is 4. The summed E-state index contributed by atoms with van der Waals surface area (Å²) < 4.78 is 0. The second-order valence-electron chi connectivity index (χ2n) is 5.37. The number of phenolic OH excluding ortho intramolecular Hbond substituents is 2. The van der Waals surface area contributed by atoms with Gasteiger partial charge in [-0.15, -0.1) is 0 Å². The zero-order chi connectivity index (χ0) is 19.4. The molecule has 0 amide bonds. The molecule has 0 spiro atoms. The topological polar surface area (TPSA) is 154 Å². The molecule has 4 N–H and O–H groups in total. The van der Waals surface area contributed by atoms with Crippen molar-refractivity contribution in [2.45, 2.75) is 0 Å². The van der Waals surface area contributed by atoms with Crippen LogP contribution in [0.5, 0.6) is 11.5 Å². The molecule has 0 saturated carbocycles. The lowest BCUT2D eigenvalue weighted by Crippen LogP contribution is -2.10. The highest BCUT2D eigenvalue weighted by molar-refractivity contribution is 5.85. The molecule has 1 heterocycles. The number of nitrogens with zero attached hydrogens (tertiary/aromatic N) is 3. The fraction of sp³-hybridized carbons (Fsp3) is 0. The number of benzene rings is 2. The Morgan fingerprint density at radius 3 is 2.59 bits per heavy atom. The van der Waals surface area contributed by atoms with Crippen LogP contribution in [-0.2, 0) is 0 Å². The Morgan fingerprint density at radius 1 is 1.15 bits per heavy atom. The van der Waals surface area contributed by atoms with Crippen LogP contribution in [0.3, 0.4) is 0 Å². The molecule has 3 rings (SSSR count). The van der Waals surface area contributed by atoms with E-state index in [1.807, 2.05) is 18.2 Å². The first-order valence-corrected chi connectivity index (χ1v) is 7.60. The molecule has 10 nitrogen and oxygen atoms in total. The number of aromatic amines is 1. The van der Waals surface area contributed by atoms with E-state index >= 15 is 0 Å². The predicted octanol–water partition coefficient (Wildman–Crippen LogP) is 2.20. The molecule has 1 aromatic heterocycles. The SMILES string of the molecule is O=c1cc(-c2ccccc2)nc(N/N=C\c2cc([N+](=O)[O-])c(O)cc2O)[nH]1. The zero-order valence-electron chi connectivity index (χ0n) is 13.7. The van der Waals surface area contributed by atoms with E-state index in [4.69, 9.17) is 0 Å². The highest BCUT2D eigenvalue weighted by Gasteiger charge is 2.16. The van der Waals surface area contributed by atoms with Crippen LogP contribution in [0.4, 0.5) is 11.6 Å². The molecule has 0 atom stereocenters. The number of nitro groups is 1. The van der Waals surface area contributed by atoms with E-state index in [1.54, 1.807) is 12.1 Å². The first-order valence-electron chi connectivity index (χ1n) is 7.60. The van der Waals surface area contributed by atoms with Crippen molar-refractivity contribution in [1.29, 1.82) is 0 Å². The molecular weight excluding hydrogens is 354 g/mol. The molecule has 3 aromatic rings. The summed E-state index contributed by atoms with van der Waals surface area (Å²) in [6, 6.07) is 12.2. The molecule has 0 bridgehead atoms. The van der Waals surface area contributed by atoms with Crippen LogP contribution in [0.25, 0.3) is 11.3 Å². The van der Waals surface area contributed by atoms with Crippen molar-refractivity contribution >= 4 is 17.9 Å². The van der Waals surface area contributed by atoms with E-state index in [0.29, 0.717) is 5.69 Å². The average molecular weight is 367 g/mol. The maximum absolute atomic E-state index is 11.8. The van der Waals surface area contributed by atoms with E-state index in [1.165, 1.54) is 6.07 Å². The fourth-order valence-electron chi connectivity index (χ4n) is 2.26. The molecule has 0 fully saturated rings. The molecule has 27 heavy (non-hydrogen) atoms. The van der Waals surface area contributed by atoms with E-state index in [9.17, 15) is 25.1 Å². The largest absolute Gasteiger partial charge is 0.507 e. The van der Waals surface area contributed by atoms with Crippen LogP contribution in [-0.4, -0.2) is 31.3 Å². The van der Waals surface area contributed by atoms with Crippen molar-refractivity contribution < 1.29 is 15.1 Å². The molecule has 0 unspecified atom stereocenters. The quantitative estimate of drug-likeness (QED) is 0.306. The van der Waals surface area contributed by atoms with Gasteiger partial charge in [-0.1, -0.05) is 30.3 Å². The number of nitro benzene ring substituents is 1. The number of aromatic nitrogens is 2. The van der Waals surface area contributed by atoms with Crippen molar-refractivity contribution in [3.05, 3.63) is 74.6 Å². The number of aromatic hydroxyl groups is 2. The average Bonchev–Trinajstić information content (AvgIpc) is 2.63. The molecule has 0 aliphatic heterocycles. The summed E-state index contributed by atoms with van der Waals surface area (Å²) in [6.07, 6.45) is 1.09. The number of hydrogen-bond acceptors (Lipinski definition) is 8. The van der Waals surface area contributed by atoms with Gasteiger partial charge in [-0.25, -0.2) is 10.4 Å². The van der Waals surface area contributed by atoms with Crippen LogP contribution in [0.2, 0.25) is 0 Å². The van der Waals surface area contributed by atoms with Crippen LogP contribution >= 0.6 is 0 Å². The van der Waals surface area contributed by atoms with E-state index in [0.717, 1.165) is 23.9 Å². The normalized spacial score (nSPS) is 10.8. The summed E-state index contributed by atoms with van der Waals surface area (Å²) in [4.78, 5) is 28.5. The molecule has 0 radical (unpaired) electrons. The third kappa shape index (κ3) is 4.07. The summed E-state index contributed by atoms with van der Waals surface area (Å²) in [5.41, 5.74) is 2.68. The minimum Gasteiger partial charge on any atom is -0.507 e. The highest BCUT2D eigenvalue weighted by Crippen LogP contribution is 2.32. The number of rotatable bonds is 5. The lowest BCUT2D eigenvalue weighted by Gasteiger charge is -2.04. The first-order chi connectivity index (χ1) is 12.9. The Morgan fingerprint density at radius 2 is 1.89 bits per heavy atom. The summed E-state index contributed by atoms with van der Waals surface area (Å²) in [5.74, 6) is -1.02. The summed E-state index contributed by atoms with van der Waals surface area (Å²) in [7, 11) is 0. The molecule has 0 aliphatic carbocycles. The molecular formula is C17H13N5O5. The smallest absolute Gasteiger partial charge is 0.311 e. The summed E-state index contributed by atoms with van der Waals surface area (Å²) in [6.45, 7) is 0. The van der Waals surface area contributed by atoms with Gasteiger partial charge >= 0.3 is 5.69 Å². The Hall–Kier alpha value is -4.21. The van der Waals surface area contributed by atoms with Crippen molar-refractivity contribution in [2.24, 2.45) is 5.10 Å².